The van der Waals surface area contributed by atoms with Crippen LogP contribution in [0.15, 0.2) is 36.4 Å². The average molecular weight is 384 g/mol. The molecule has 1 N–H and O–H groups in total. The van der Waals surface area contributed by atoms with E-state index in [1.807, 2.05) is 18.0 Å². The van der Waals surface area contributed by atoms with E-state index in [0.717, 1.165) is 41.0 Å². The Morgan fingerprint density at radius 3 is 2.36 bits per heavy atom. The molecule has 152 valence electrons. The van der Waals surface area contributed by atoms with Crippen molar-refractivity contribution in [2.45, 2.75) is 59.0 Å². The highest BCUT2D eigenvalue weighted by Gasteiger charge is 2.30. The van der Waals surface area contributed by atoms with Crippen LogP contribution in [0.4, 0.5) is 5.69 Å². The molecule has 2 aromatic rings. The van der Waals surface area contributed by atoms with Gasteiger partial charge in [-0.05, 0) is 72.1 Å². The van der Waals surface area contributed by atoms with E-state index in [-0.39, 0.29) is 6.42 Å². The molecule has 2 aromatic carbocycles. The predicted octanol–water partition coefficient (Wildman–Crippen LogP) is 5.73. The number of nitrogens with zero attached hydrogens (tertiary/aromatic N) is 1. The lowest BCUT2D eigenvalue weighted by atomic mass is 9.72. The molecule has 4 heteroatoms. The fraction of sp³-hybridized carbons (Fsp3) is 0.542. The van der Waals surface area contributed by atoms with E-state index in [1.54, 1.807) is 0 Å². The molecule has 1 saturated carbocycles. The van der Waals surface area contributed by atoms with Crippen molar-refractivity contribution in [3.63, 3.8) is 0 Å². The lowest BCUT2D eigenvalue weighted by Gasteiger charge is -2.37. The van der Waals surface area contributed by atoms with Gasteiger partial charge in [-0.3, -0.25) is 4.79 Å². The molecule has 3 rings (SSSR count). The minimum Gasteiger partial charge on any atom is -0.490 e. The molecule has 0 radical (unpaired) electrons. The van der Waals surface area contributed by atoms with E-state index in [0.29, 0.717) is 18.1 Å². The maximum Gasteiger partial charge on any atom is 0.305 e. The zero-order valence-electron chi connectivity index (χ0n) is 17.6. The molecular formula is C24H33NO3. The van der Waals surface area contributed by atoms with Crippen molar-refractivity contribution in [3.05, 3.63) is 36.4 Å². The van der Waals surface area contributed by atoms with Gasteiger partial charge in [-0.2, -0.15) is 0 Å². The SMILES string of the molecule is CN(CCC(=O)O)c1ccc2cc(O[C@H]3CC[C@H](C(C)(C)C)CC3)ccc2c1. The molecule has 0 aromatic heterocycles. The molecule has 0 bridgehead atoms. The highest BCUT2D eigenvalue weighted by atomic mass is 16.5. The zero-order valence-corrected chi connectivity index (χ0v) is 17.6. The largest absolute Gasteiger partial charge is 0.490 e. The summed E-state index contributed by atoms with van der Waals surface area (Å²) in [5.41, 5.74) is 1.42. The van der Waals surface area contributed by atoms with Crippen LogP contribution in [-0.4, -0.2) is 30.8 Å². The van der Waals surface area contributed by atoms with Gasteiger partial charge in [0.25, 0.3) is 0 Å². The summed E-state index contributed by atoms with van der Waals surface area (Å²) in [5, 5.41) is 11.2. The van der Waals surface area contributed by atoms with Crippen LogP contribution in [-0.2, 0) is 4.79 Å². The van der Waals surface area contributed by atoms with E-state index < -0.39 is 5.97 Å². The summed E-state index contributed by atoms with van der Waals surface area (Å²) in [6.45, 7) is 7.53. The maximum atomic E-state index is 10.8. The number of carbonyl (C=O) groups is 1. The minimum atomic E-state index is -0.772. The Hall–Kier alpha value is -2.23. The highest BCUT2D eigenvalue weighted by molar-refractivity contribution is 5.87. The van der Waals surface area contributed by atoms with Crippen LogP contribution in [0, 0.1) is 11.3 Å². The maximum absolute atomic E-state index is 10.8. The van der Waals surface area contributed by atoms with E-state index in [1.165, 1.54) is 12.8 Å². The second-order valence-electron chi connectivity index (χ2n) is 9.22. The van der Waals surface area contributed by atoms with Gasteiger partial charge in [0.15, 0.2) is 0 Å². The van der Waals surface area contributed by atoms with Gasteiger partial charge < -0.3 is 14.7 Å². The van der Waals surface area contributed by atoms with Gasteiger partial charge >= 0.3 is 5.97 Å². The second kappa shape index (κ2) is 8.42. The first kappa shape index (κ1) is 20.5. The van der Waals surface area contributed by atoms with Crippen molar-refractivity contribution in [2.24, 2.45) is 11.3 Å². The van der Waals surface area contributed by atoms with Crippen LogP contribution < -0.4 is 9.64 Å². The van der Waals surface area contributed by atoms with Gasteiger partial charge in [0.1, 0.15) is 5.75 Å². The Balaban J connectivity index is 1.63. The number of fused-ring (bicyclic) bond motifs is 1. The third-order valence-electron chi connectivity index (χ3n) is 6.10. The van der Waals surface area contributed by atoms with Crippen LogP contribution >= 0.6 is 0 Å². The molecule has 28 heavy (non-hydrogen) atoms. The molecule has 0 aliphatic heterocycles. The number of anilines is 1. The van der Waals surface area contributed by atoms with Crippen molar-refractivity contribution in [1.82, 2.24) is 0 Å². The smallest absolute Gasteiger partial charge is 0.305 e. The Kier molecular flexibility index (Phi) is 6.17. The van der Waals surface area contributed by atoms with Crippen LogP contribution in [0.2, 0.25) is 0 Å². The van der Waals surface area contributed by atoms with Crippen molar-refractivity contribution in [1.29, 1.82) is 0 Å². The first-order valence-corrected chi connectivity index (χ1v) is 10.4. The molecular weight excluding hydrogens is 350 g/mol. The summed E-state index contributed by atoms with van der Waals surface area (Å²) in [4.78, 5) is 12.8. The van der Waals surface area contributed by atoms with Crippen molar-refractivity contribution in [3.8, 4) is 5.75 Å². The van der Waals surface area contributed by atoms with Gasteiger partial charge in [-0.25, -0.2) is 0 Å². The molecule has 0 heterocycles. The number of ether oxygens (including phenoxy) is 1. The molecule has 0 atom stereocenters. The van der Waals surface area contributed by atoms with Gasteiger partial charge in [0, 0.05) is 19.3 Å². The summed E-state index contributed by atoms with van der Waals surface area (Å²) in [5.74, 6) is 0.963. The summed E-state index contributed by atoms with van der Waals surface area (Å²) in [6, 6.07) is 12.5. The van der Waals surface area contributed by atoms with Crippen LogP contribution in [0.25, 0.3) is 10.8 Å². The molecule has 1 aliphatic carbocycles. The Morgan fingerprint density at radius 2 is 1.71 bits per heavy atom. The van der Waals surface area contributed by atoms with Crippen molar-refractivity contribution >= 4 is 22.4 Å². The number of carboxylic acid groups (broad SMARTS) is 1. The number of carboxylic acids is 1. The number of benzene rings is 2. The van der Waals surface area contributed by atoms with Crippen LogP contribution in [0.3, 0.4) is 0 Å². The van der Waals surface area contributed by atoms with Gasteiger partial charge in [0.2, 0.25) is 0 Å². The third kappa shape index (κ3) is 5.18. The topological polar surface area (TPSA) is 49.8 Å². The van der Waals surface area contributed by atoms with E-state index in [4.69, 9.17) is 9.84 Å². The predicted molar refractivity (Wildman–Crippen MR) is 115 cm³/mol. The standard InChI is InChI=1S/C24H33NO3/c1-24(2,3)19-7-11-21(12-8-19)28-22-10-6-17-15-20(9-5-18(17)16-22)25(4)14-13-23(26)27/h5-6,9-10,15-16,19,21H,7-8,11-14H2,1-4H3,(H,26,27)/t19-,21-. The molecule has 0 spiro atoms. The molecule has 1 aliphatic rings. The third-order valence-corrected chi connectivity index (χ3v) is 6.10. The average Bonchev–Trinajstić information content (AvgIpc) is 2.65. The fourth-order valence-electron chi connectivity index (χ4n) is 4.15. The lowest BCUT2D eigenvalue weighted by Crippen LogP contribution is -2.30. The molecule has 0 saturated heterocycles. The minimum absolute atomic E-state index is 0.138. The number of rotatable bonds is 6. The monoisotopic (exact) mass is 383 g/mol. The Bertz CT molecular complexity index is 816. The number of hydrogen-bond acceptors (Lipinski definition) is 3. The zero-order chi connectivity index (χ0) is 20.3. The van der Waals surface area contributed by atoms with E-state index in [2.05, 4.69) is 51.1 Å². The Morgan fingerprint density at radius 1 is 1.07 bits per heavy atom. The number of hydrogen-bond donors (Lipinski definition) is 1. The molecule has 4 nitrogen and oxygen atoms in total. The summed E-state index contributed by atoms with van der Waals surface area (Å²) >= 11 is 0. The van der Waals surface area contributed by atoms with E-state index >= 15 is 0 Å². The van der Waals surface area contributed by atoms with Gasteiger partial charge in [0.05, 0.1) is 12.5 Å². The van der Waals surface area contributed by atoms with Crippen molar-refractivity contribution in [2.75, 3.05) is 18.5 Å². The highest BCUT2D eigenvalue weighted by Crippen LogP contribution is 2.39. The fourth-order valence-corrected chi connectivity index (χ4v) is 4.15. The lowest BCUT2D eigenvalue weighted by molar-refractivity contribution is -0.136. The molecule has 1 fully saturated rings. The number of aliphatic carboxylic acids is 1. The van der Waals surface area contributed by atoms with Gasteiger partial charge in [-0.1, -0.05) is 32.9 Å². The summed E-state index contributed by atoms with van der Waals surface area (Å²) in [7, 11) is 1.93. The van der Waals surface area contributed by atoms with Crippen LogP contribution in [0.5, 0.6) is 5.75 Å². The van der Waals surface area contributed by atoms with E-state index in [9.17, 15) is 4.79 Å². The summed E-state index contributed by atoms with van der Waals surface area (Å²) < 4.78 is 6.29. The van der Waals surface area contributed by atoms with Gasteiger partial charge in [-0.15, -0.1) is 0 Å². The second-order valence-corrected chi connectivity index (χ2v) is 9.22. The first-order chi connectivity index (χ1) is 13.2. The first-order valence-electron chi connectivity index (χ1n) is 10.4. The molecule has 0 amide bonds. The van der Waals surface area contributed by atoms with Crippen molar-refractivity contribution < 1.29 is 14.6 Å². The normalized spacial score (nSPS) is 20.1. The quantitative estimate of drug-likeness (QED) is 0.691. The molecule has 0 unspecified atom stereocenters. The Labute approximate surface area is 168 Å². The summed E-state index contributed by atoms with van der Waals surface area (Å²) in [6.07, 6.45) is 5.21. The van der Waals surface area contributed by atoms with Crippen LogP contribution in [0.1, 0.15) is 52.9 Å².